The number of hydrogen-bond donors (Lipinski definition) is 1. The molecule has 0 atom stereocenters. The van der Waals surface area contributed by atoms with Gasteiger partial charge in [0.15, 0.2) is 0 Å². The number of halogens is 1. The Morgan fingerprint density at radius 1 is 1.03 bits per heavy atom. The maximum absolute atomic E-state index is 13.5. The van der Waals surface area contributed by atoms with E-state index in [-0.39, 0.29) is 5.91 Å². The first-order chi connectivity index (χ1) is 15.7. The molecule has 3 aromatic rings. The first kappa shape index (κ1) is 21.2. The number of amides is 1. The second kappa shape index (κ2) is 9.07. The van der Waals surface area contributed by atoms with E-state index in [1.807, 2.05) is 48.8 Å². The smallest absolute Gasteiger partial charge is 0.230 e. The van der Waals surface area contributed by atoms with Gasteiger partial charge in [-0.2, -0.15) is 5.10 Å². The molecule has 2 aliphatic carbocycles. The topological polar surface area (TPSA) is 59.8 Å². The van der Waals surface area contributed by atoms with Crippen LogP contribution in [0.15, 0.2) is 54.9 Å². The van der Waals surface area contributed by atoms with Crippen molar-refractivity contribution in [2.45, 2.75) is 69.4 Å². The van der Waals surface area contributed by atoms with Crippen molar-refractivity contribution in [3.8, 4) is 11.3 Å². The number of carbonyl (C=O) groups excluding carboxylic acids is 1. The number of hydrogen-bond acceptors (Lipinski definition) is 3. The lowest BCUT2D eigenvalue weighted by Crippen LogP contribution is -2.42. The highest BCUT2D eigenvalue weighted by Gasteiger charge is 2.42. The molecule has 2 fully saturated rings. The maximum atomic E-state index is 13.5. The lowest BCUT2D eigenvalue weighted by molar-refractivity contribution is -0.126. The highest BCUT2D eigenvalue weighted by molar-refractivity contribution is 6.30. The first-order valence-corrected chi connectivity index (χ1v) is 12.1. The summed E-state index contributed by atoms with van der Waals surface area (Å²) in [6.07, 6.45) is 12.3. The van der Waals surface area contributed by atoms with Crippen LogP contribution in [0.2, 0.25) is 5.02 Å². The Hall–Kier alpha value is -2.66. The Bertz CT molecular complexity index is 1060. The van der Waals surface area contributed by atoms with E-state index in [9.17, 15) is 4.79 Å². The molecule has 6 heteroatoms. The molecule has 0 aliphatic heterocycles. The van der Waals surface area contributed by atoms with Gasteiger partial charge in [0.2, 0.25) is 5.91 Å². The molecular weight excluding hydrogens is 420 g/mol. The molecule has 0 spiro atoms. The molecule has 2 aliphatic rings. The minimum absolute atomic E-state index is 0.0956. The summed E-state index contributed by atoms with van der Waals surface area (Å²) in [6.45, 7) is 0.436. The summed E-state index contributed by atoms with van der Waals surface area (Å²) < 4.78 is 2.17. The van der Waals surface area contributed by atoms with Crippen LogP contribution in [0.1, 0.15) is 68.7 Å². The van der Waals surface area contributed by atoms with Gasteiger partial charge < -0.3 is 5.32 Å². The summed E-state index contributed by atoms with van der Waals surface area (Å²) in [5, 5.41) is 8.85. The molecule has 0 bridgehead atoms. The van der Waals surface area contributed by atoms with Gasteiger partial charge in [0.05, 0.1) is 29.4 Å². The molecule has 1 aromatic carbocycles. The van der Waals surface area contributed by atoms with E-state index < -0.39 is 5.41 Å². The van der Waals surface area contributed by atoms with Gasteiger partial charge in [-0.05, 0) is 61.6 Å². The van der Waals surface area contributed by atoms with E-state index in [1.165, 1.54) is 12.8 Å². The highest BCUT2D eigenvalue weighted by atomic mass is 35.5. The summed E-state index contributed by atoms with van der Waals surface area (Å²) in [5.41, 5.74) is 3.72. The summed E-state index contributed by atoms with van der Waals surface area (Å²) in [4.78, 5) is 17.6. The fourth-order valence-electron chi connectivity index (χ4n) is 5.43. The summed E-state index contributed by atoms with van der Waals surface area (Å²) in [6, 6.07) is 14.4. The van der Waals surface area contributed by atoms with Gasteiger partial charge in [0.25, 0.3) is 0 Å². The van der Waals surface area contributed by atoms with Crippen LogP contribution in [0.25, 0.3) is 11.3 Å². The minimum Gasteiger partial charge on any atom is -0.350 e. The van der Waals surface area contributed by atoms with Crippen molar-refractivity contribution < 1.29 is 4.79 Å². The average molecular weight is 449 g/mol. The van der Waals surface area contributed by atoms with E-state index in [0.717, 1.165) is 61.0 Å². The average Bonchev–Trinajstić information content (AvgIpc) is 3.59. The second-order valence-corrected chi connectivity index (χ2v) is 9.55. The number of nitrogens with one attached hydrogen (secondary N) is 1. The van der Waals surface area contributed by atoms with Crippen LogP contribution in [0.5, 0.6) is 0 Å². The van der Waals surface area contributed by atoms with Crippen molar-refractivity contribution in [1.82, 2.24) is 20.1 Å². The van der Waals surface area contributed by atoms with E-state index in [1.54, 1.807) is 0 Å². The predicted molar refractivity (Wildman–Crippen MR) is 126 cm³/mol. The van der Waals surface area contributed by atoms with Gasteiger partial charge in [-0.15, -0.1) is 0 Å². The zero-order valence-electron chi connectivity index (χ0n) is 18.3. The van der Waals surface area contributed by atoms with Crippen LogP contribution < -0.4 is 5.32 Å². The largest absolute Gasteiger partial charge is 0.350 e. The van der Waals surface area contributed by atoms with Gasteiger partial charge in [-0.3, -0.25) is 14.5 Å². The van der Waals surface area contributed by atoms with E-state index in [0.29, 0.717) is 17.6 Å². The van der Waals surface area contributed by atoms with Crippen LogP contribution in [-0.4, -0.2) is 20.7 Å². The first-order valence-electron chi connectivity index (χ1n) is 11.7. The molecule has 0 saturated heterocycles. The Labute approximate surface area is 194 Å². The zero-order valence-corrected chi connectivity index (χ0v) is 19.0. The molecule has 0 unspecified atom stereocenters. The highest BCUT2D eigenvalue weighted by Crippen LogP contribution is 2.42. The molecule has 5 rings (SSSR count). The number of nitrogens with zero attached hydrogens (tertiary/aromatic N) is 3. The van der Waals surface area contributed by atoms with Gasteiger partial charge in [-0.1, -0.05) is 49.4 Å². The van der Waals surface area contributed by atoms with Crippen LogP contribution in [0.4, 0.5) is 0 Å². The number of carbonyl (C=O) groups is 1. The quantitative estimate of drug-likeness (QED) is 0.515. The molecule has 1 amide bonds. The SMILES string of the molecule is O=C(NCc1cc(-c2ccncc2)n(C2CCCC2)n1)C1(c2ccc(Cl)cc2)CCCC1. The standard InChI is InChI=1S/C26H29ClN4O/c27-21-9-7-20(8-10-21)26(13-3-4-14-26)25(32)29-18-22-17-24(19-11-15-28-16-12-19)31(30-22)23-5-1-2-6-23/h7-12,15-17,23H,1-6,13-14,18H2,(H,29,32). The number of benzene rings is 1. The van der Waals surface area contributed by atoms with Crippen LogP contribution >= 0.6 is 11.6 Å². The van der Waals surface area contributed by atoms with Crippen LogP contribution in [0, 0.1) is 0 Å². The van der Waals surface area contributed by atoms with Crippen molar-refractivity contribution in [2.24, 2.45) is 0 Å². The Morgan fingerprint density at radius 3 is 2.41 bits per heavy atom. The van der Waals surface area contributed by atoms with Crippen LogP contribution in [0.3, 0.4) is 0 Å². The fourth-order valence-corrected chi connectivity index (χ4v) is 5.56. The van der Waals surface area contributed by atoms with E-state index in [4.69, 9.17) is 16.7 Å². The number of pyridine rings is 1. The third-order valence-corrected chi connectivity index (χ3v) is 7.40. The van der Waals surface area contributed by atoms with E-state index in [2.05, 4.69) is 21.0 Å². The van der Waals surface area contributed by atoms with Crippen LogP contribution in [-0.2, 0) is 16.8 Å². The van der Waals surface area contributed by atoms with Crippen molar-refractivity contribution in [1.29, 1.82) is 0 Å². The van der Waals surface area contributed by atoms with Crippen molar-refractivity contribution in [2.75, 3.05) is 0 Å². The van der Waals surface area contributed by atoms with Gasteiger partial charge in [0.1, 0.15) is 0 Å². The molecule has 2 aromatic heterocycles. The molecular formula is C26H29ClN4O. The molecule has 2 heterocycles. The third kappa shape index (κ3) is 4.06. The summed E-state index contributed by atoms with van der Waals surface area (Å²) in [7, 11) is 0. The summed E-state index contributed by atoms with van der Waals surface area (Å²) in [5.74, 6) is 0.0956. The van der Waals surface area contributed by atoms with Crippen molar-refractivity contribution in [3.05, 3.63) is 71.1 Å². The Kier molecular flexibility index (Phi) is 6.01. The predicted octanol–water partition coefficient (Wildman–Crippen LogP) is 5.84. The Morgan fingerprint density at radius 2 is 1.72 bits per heavy atom. The molecule has 5 nitrogen and oxygen atoms in total. The van der Waals surface area contributed by atoms with Crippen molar-refractivity contribution >= 4 is 17.5 Å². The molecule has 32 heavy (non-hydrogen) atoms. The lowest BCUT2D eigenvalue weighted by atomic mass is 9.78. The second-order valence-electron chi connectivity index (χ2n) is 9.12. The van der Waals surface area contributed by atoms with Crippen molar-refractivity contribution in [3.63, 3.8) is 0 Å². The summed E-state index contributed by atoms with van der Waals surface area (Å²) >= 11 is 6.09. The lowest BCUT2D eigenvalue weighted by Gasteiger charge is -2.28. The van der Waals surface area contributed by atoms with Gasteiger partial charge >= 0.3 is 0 Å². The number of aromatic nitrogens is 3. The molecule has 166 valence electrons. The zero-order chi connectivity index (χ0) is 22.0. The molecule has 0 radical (unpaired) electrons. The minimum atomic E-state index is -0.466. The monoisotopic (exact) mass is 448 g/mol. The Balaban J connectivity index is 1.38. The number of rotatable bonds is 6. The molecule has 1 N–H and O–H groups in total. The normalized spacial score (nSPS) is 18.2. The molecule has 2 saturated carbocycles. The van der Waals surface area contributed by atoms with Gasteiger partial charge in [0, 0.05) is 23.0 Å². The fraction of sp³-hybridized carbons (Fsp3) is 0.423. The third-order valence-electron chi connectivity index (χ3n) is 7.15. The van der Waals surface area contributed by atoms with Gasteiger partial charge in [-0.25, -0.2) is 0 Å². The maximum Gasteiger partial charge on any atom is 0.230 e. The van der Waals surface area contributed by atoms with E-state index >= 15 is 0 Å².